The van der Waals surface area contributed by atoms with E-state index in [4.69, 9.17) is 9.47 Å². The van der Waals surface area contributed by atoms with Crippen LogP contribution in [0.4, 0.5) is 0 Å². The first kappa shape index (κ1) is 22.6. The predicted octanol–water partition coefficient (Wildman–Crippen LogP) is 3.11. The number of nitrogens with one attached hydrogen (secondary N) is 1. The first-order chi connectivity index (χ1) is 14.8. The van der Waals surface area contributed by atoms with Crippen LogP contribution < -0.4 is 14.8 Å². The number of likely N-dealkylation sites (tertiary alicyclic amines) is 1. The van der Waals surface area contributed by atoms with Gasteiger partial charge in [-0.2, -0.15) is 5.26 Å². The standard InChI is InChI=1S/C24H30N4O3/c1-15(2)31-22-10-27-21(8-19(22)9-25)14-30-23-16(3)6-18(7-17(23)4)11-28-12-20(13-28)24(29)26-5/h6-8,10,15,20H,11-14H2,1-5H3,(H,26,29). The number of pyridine rings is 1. The molecule has 0 radical (unpaired) electrons. The molecule has 0 spiro atoms. The molecule has 31 heavy (non-hydrogen) atoms. The highest BCUT2D eigenvalue weighted by molar-refractivity contribution is 5.79. The van der Waals surface area contributed by atoms with Crippen molar-refractivity contribution in [3.63, 3.8) is 0 Å². The number of nitrogens with zero attached hydrogens (tertiary/aromatic N) is 3. The van der Waals surface area contributed by atoms with Crippen LogP contribution in [0, 0.1) is 31.1 Å². The Morgan fingerprint density at radius 2 is 1.97 bits per heavy atom. The molecular weight excluding hydrogens is 392 g/mol. The minimum absolute atomic E-state index is 0.0224. The summed E-state index contributed by atoms with van der Waals surface area (Å²) < 4.78 is 11.7. The summed E-state index contributed by atoms with van der Waals surface area (Å²) >= 11 is 0. The fourth-order valence-corrected chi connectivity index (χ4v) is 3.83. The predicted molar refractivity (Wildman–Crippen MR) is 118 cm³/mol. The first-order valence-electron chi connectivity index (χ1n) is 10.5. The number of hydrogen-bond acceptors (Lipinski definition) is 6. The molecule has 1 N–H and O–H groups in total. The first-order valence-corrected chi connectivity index (χ1v) is 10.5. The lowest BCUT2D eigenvalue weighted by molar-refractivity contribution is -0.129. The highest BCUT2D eigenvalue weighted by atomic mass is 16.5. The normalized spacial score (nSPS) is 14.1. The Balaban J connectivity index is 1.63. The smallest absolute Gasteiger partial charge is 0.225 e. The maximum atomic E-state index is 11.7. The summed E-state index contributed by atoms with van der Waals surface area (Å²) in [5, 5.41) is 12.1. The molecule has 0 bridgehead atoms. The van der Waals surface area contributed by atoms with Crippen LogP contribution in [-0.4, -0.2) is 42.0 Å². The maximum absolute atomic E-state index is 11.7. The van der Waals surface area contributed by atoms with Gasteiger partial charge in [-0.1, -0.05) is 12.1 Å². The van der Waals surface area contributed by atoms with E-state index in [1.807, 2.05) is 27.7 Å². The fraction of sp³-hybridized carbons (Fsp3) is 0.458. The van der Waals surface area contributed by atoms with Crippen molar-refractivity contribution in [2.45, 2.75) is 47.0 Å². The highest BCUT2D eigenvalue weighted by Crippen LogP contribution is 2.28. The number of hydrogen-bond donors (Lipinski definition) is 1. The zero-order valence-corrected chi connectivity index (χ0v) is 18.9. The summed E-state index contributed by atoms with van der Waals surface area (Å²) in [4.78, 5) is 18.3. The van der Waals surface area contributed by atoms with Crippen LogP contribution in [0.2, 0.25) is 0 Å². The summed E-state index contributed by atoms with van der Waals surface area (Å²) in [7, 11) is 1.68. The maximum Gasteiger partial charge on any atom is 0.225 e. The summed E-state index contributed by atoms with van der Waals surface area (Å²) in [5.74, 6) is 1.53. The molecule has 1 fully saturated rings. The van der Waals surface area contributed by atoms with Crippen LogP contribution in [0.1, 0.15) is 41.8 Å². The fourth-order valence-electron chi connectivity index (χ4n) is 3.83. The molecule has 0 atom stereocenters. The molecule has 164 valence electrons. The third-order valence-corrected chi connectivity index (χ3v) is 5.27. The van der Waals surface area contributed by atoms with Gasteiger partial charge in [0.25, 0.3) is 0 Å². The van der Waals surface area contributed by atoms with E-state index in [1.165, 1.54) is 5.56 Å². The van der Waals surface area contributed by atoms with E-state index in [-0.39, 0.29) is 24.5 Å². The minimum atomic E-state index is -0.0224. The van der Waals surface area contributed by atoms with Crippen molar-refractivity contribution in [1.29, 1.82) is 5.26 Å². The number of benzene rings is 1. The van der Waals surface area contributed by atoms with Gasteiger partial charge in [0.05, 0.1) is 29.5 Å². The lowest BCUT2D eigenvalue weighted by Crippen LogP contribution is -2.52. The lowest BCUT2D eigenvalue weighted by atomic mass is 9.97. The SMILES string of the molecule is CNC(=O)C1CN(Cc2cc(C)c(OCc3cc(C#N)c(OC(C)C)cn3)c(C)c2)C1. The molecule has 2 heterocycles. The third kappa shape index (κ3) is 5.53. The van der Waals surface area contributed by atoms with Gasteiger partial charge in [0, 0.05) is 26.7 Å². The zero-order valence-electron chi connectivity index (χ0n) is 18.9. The molecule has 1 aromatic heterocycles. The van der Waals surface area contributed by atoms with Crippen molar-refractivity contribution in [2.75, 3.05) is 20.1 Å². The largest absolute Gasteiger partial charge is 0.488 e. The van der Waals surface area contributed by atoms with Gasteiger partial charge in [-0.15, -0.1) is 0 Å². The van der Waals surface area contributed by atoms with E-state index in [0.717, 1.165) is 36.5 Å². The number of carbonyl (C=O) groups excluding carboxylic acids is 1. The van der Waals surface area contributed by atoms with Gasteiger partial charge < -0.3 is 14.8 Å². The van der Waals surface area contributed by atoms with E-state index in [9.17, 15) is 10.1 Å². The summed E-state index contributed by atoms with van der Waals surface area (Å²) in [6.07, 6.45) is 1.56. The number of amides is 1. The van der Waals surface area contributed by atoms with Crippen LogP contribution in [-0.2, 0) is 17.9 Å². The Morgan fingerprint density at radius 3 is 2.55 bits per heavy atom. The third-order valence-electron chi connectivity index (χ3n) is 5.27. The van der Waals surface area contributed by atoms with E-state index in [2.05, 4.69) is 33.4 Å². The van der Waals surface area contributed by atoms with E-state index in [0.29, 0.717) is 17.0 Å². The monoisotopic (exact) mass is 422 g/mol. The Bertz CT molecular complexity index is 968. The number of rotatable bonds is 8. The van der Waals surface area contributed by atoms with Crippen molar-refractivity contribution < 1.29 is 14.3 Å². The van der Waals surface area contributed by atoms with Gasteiger partial charge in [0.1, 0.15) is 18.4 Å². The second-order valence-corrected chi connectivity index (χ2v) is 8.30. The van der Waals surface area contributed by atoms with Gasteiger partial charge in [-0.05, 0) is 50.5 Å². The van der Waals surface area contributed by atoms with Crippen molar-refractivity contribution in [2.24, 2.45) is 5.92 Å². The molecule has 0 aliphatic carbocycles. The zero-order chi connectivity index (χ0) is 22.5. The van der Waals surface area contributed by atoms with Crippen molar-refractivity contribution >= 4 is 5.91 Å². The Kier molecular flexibility index (Phi) is 7.13. The van der Waals surface area contributed by atoms with Gasteiger partial charge in [-0.25, -0.2) is 0 Å². The molecule has 1 amide bonds. The molecule has 1 aliphatic heterocycles. The molecule has 0 saturated carbocycles. The van der Waals surface area contributed by atoms with E-state index < -0.39 is 0 Å². The summed E-state index contributed by atoms with van der Waals surface area (Å²) in [5.41, 5.74) is 4.45. The van der Waals surface area contributed by atoms with Gasteiger partial charge in [-0.3, -0.25) is 14.7 Å². The lowest BCUT2D eigenvalue weighted by Gasteiger charge is -2.38. The number of nitriles is 1. The Labute approximate surface area is 184 Å². The quantitative estimate of drug-likeness (QED) is 0.703. The van der Waals surface area contributed by atoms with Gasteiger partial charge in [0.15, 0.2) is 5.75 Å². The number of aryl methyl sites for hydroxylation is 2. The van der Waals surface area contributed by atoms with Crippen LogP contribution in [0.3, 0.4) is 0 Å². The van der Waals surface area contributed by atoms with Crippen molar-refractivity contribution in [3.8, 4) is 17.6 Å². The number of ether oxygens (including phenoxy) is 2. The van der Waals surface area contributed by atoms with Crippen molar-refractivity contribution in [3.05, 3.63) is 52.3 Å². The Hall–Kier alpha value is -3.11. The molecule has 0 unspecified atom stereocenters. The second kappa shape index (κ2) is 9.80. The molecule has 1 saturated heterocycles. The molecule has 1 aromatic carbocycles. The molecule has 3 rings (SSSR count). The van der Waals surface area contributed by atoms with Crippen LogP contribution in [0.25, 0.3) is 0 Å². The highest BCUT2D eigenvalue weighted by Gasteiger charge is 2.31. The Morgan fingerprint density at radius 1 is 1.29 bits per heavy atom. The molecule has 2 aromatic rings. The van der Waals surface area contributed by atoms with E-state index >= 15 is 0 Å². The molecular formula is C24H30N4O3. The number of aromatic nitrogens is 1. The molecule has 7 nitrogen and oxygen atoms in total. The minimum Gasteiger partial charge on any atom is -0.488 e. The van der Waals surface area contributed by atoms with Crippen LogP contribution in [0.5, 0.6) is 11.5 Å². The summed E-state index contributed by atoms with van der Waals surface area (Å²) in [6.45, 7) is 10.6. The number of carbonyl (C=O) groups is 1. The van der Waals surface area contributed by atoms with E-state index in [1.54, 1.807) is 19.3 Å². The van der Waals surface area contributed by atoms with Gasteiger partial charge >= 0.3 is 0 Å². The average molecular weight is 423 g/mol. The topological polar surface area (TPSA) is 87.5 Å². The van der Waals surface area contributed by atoms with Crippen LogP contribution >= 0.6 is 0 Å². The average Bonchev–Trinajstić information content (AvgIpc) is 2.69. The second-order valence-electron chi connectivity index (χ2n) is 8.30. The van der Waals surface area contributed by atoms with Crippen molar-refractivity contribution in [1.82, 2.24) is 15.2 Å². The summed E-state index contributed by atoms with van der Waals surface area (Å²) in [6, 6.07) is 8.13. The van der Waals surface area contributed by atoms with Gasteiger partial charge in [0.2, 0.25) is 5.91 Å². The van der Waals surface area contributed by atoms with Crippen LogP contribution in [0.15, 0.2) is 24.4 Å². The molecule has 1 aliphatic rings. The molecule has 7 heteroatoms.